The molecule has 4 rings (SSSR count). The quantitative estimate of drug-likeness (QED) is 0.630. The van der Waals surface area contributed by atoms with Crippen molar-refractivity contribution in [3.05, 3.63) is 34.5 Å². The number of carbonyl (C=O) groups excluding carboxylic acids is 1. The molecule has 1 aliphatic heterocycles. The average Bonchev–Trinajstić information content (AvgIpc) is 3.32. The number of ether oxygens (including phenoxy) is 1. The van der Waals surface area contributed by atoms with E-state index in [-0.39, 0.29) is 11.6 Å². The van der Waals surface area contributed by atoms with E-state index in [1.165, 1.54) is 34.2 Å². The van der Waals surface area contributed by atoms with Crippen LogP contribution in [0.1, 0.15) is 48.9 Å². The fourth-order valence-electron chi connectivity index (χ4n) is 4.37. The smallest absolute Gasteiger partial charge is 0.329 e. The van der Waals surface area contributed by atoms with Crippen LogP contribution in [0.25, 0.3) is 0 Å². The summed E-state index contributed by atoms with van der Waals surface area (Å²) >= 11 is 1.25. The van der Waals surface area contributed by atoms with Gasteiger partial charge in [0, 0.05) is 12.2 Å². The van der Waals surface area contributed by atoms with Gasteiger partial charge in [0.25, 0.3) is 0 Å². The van der Waals surface area contributed by atoms with Crippen LogP contribution in [-0.4, -0.2) is 35.0 Å². The number of hydrogen-bond acceptors (Lipinski definition) is 5. The molecule has 1 aromatic heterocycles. The zero-order valence-electron chi connectivity index (χ0n) is 18.2. The van der Waals surface area contributed by atoms with Crippen LogP contribution >= 0.6 is 11.9 Å². The molecule has 0 fully saturated rings. The first-order chi connectivity index (χ1) is 14.4. The van der Waals surface area contributed by atoms with Gasteiger partial charge >= 0.3 is 6.03 Å². The number of aromatic nitrogens is 2. The summed E-state index contributed by atoms with van der Waals surface area (Å²) in [4.78, 5) is 13.6. The van der Waals surface area contributed by atoms with Gasteiger partial charge in [0.2, 0.25) is 5.88 Å². The number of fused-ring (bicyclic) bond motifs is 2. The van der Waals surface area contributed by atoms with Gasteiger partial charge in [-0.05, 0) is 87.2 Å². The molecule has 1 unspecified atom stereocenters. The lowest BCUT2D eigenvalue weighted by atomic mass is 9.96. The molecule has 2 aromatic rings. The second-order valence-corrected chi connectivity index (χ2v) is 9.28. The molecule has 0 bridgehead atoms. The Morgan fingerprint density at radius 3 is 3.00 bits per heavy atom. The largest absolute Gasteiger partial charge is 0.475 e. The van der Waals surface area contributed by atoms with Crippen molar-refractivity contribution in [1.29, 1.82) is 0 Å². The minimum atomic E-state index is -0.219. The summed E-state index contributed by atoms with van der Waals surface area (Å²) in [6.07, 6.45) is 6.85. The zero-order chi connectivity index (χ0) is 21.3. The predicted octanol–water partition coefficient (Wildman–Crippen LogP) is 3.83. The Kier molecular flexibility index (Phi) is 5.97. The highest BCUT2D eigenvalue weighted by Gasteiger charge is 2.29. The first kappa shape index (κ1) is 21.1. The summed E-state index contributed by atoms with van der Waals surface area (Å²) in [5.41, 5.74) is 6.06. The molecule has 2 heterocycles. The third kappa shape index (κ3) is 4.03. The van der Waals surface area contributed by atoms with E-state index in [0.717, 1.165) is 49.2 Å². The number of nitrogens with one attached hydrogen (secondary N) is 3. The molecule has 3 N–H and O–H groups in total. The van der Waals surface area contributed by atoms with Crippen LogP contribution in [0, 0.1) is 6.92 Å². The van der Waals surface area contributed by atoms with Gasteiger partial charge in [0.05, 0.1) is 11.7 Å². The van der Waals surface area contributed by atoms with Crippen molar-refractivity contribution < 1.29 is 9.53 Å². The van der Waals surface area contributed by atoms with Crippen molar-refractivity contribution in [3.63, 3.8) is 0 Å². The SMILES string of the molecule is CCc1c(C)cc2c(c1NC(=O)NSc1cnn3c1OCC(C)(NC)CC3)CCC2. The van der Waals surface area contributed by atoms with E-state index in [0.29, 0.717) is 12.5 Å². The first-order valence-electron chi connectivity index (χ1n) is 10.7. The van der Waals surface area contributed by atoms with Crippen LogP contribution in [0.3, 0.4) is 0 Å². The molecule has 2 aliphatic rings. The third-order valence-corrected chi connectivity index (χ3v) is 7.13. The molecule has 1 aliphatic carbocycles. The van der Waals surface area contributed by atoms with Crippen molar-refractivity contribution in [2.24, 2.45) is 0 Å². The van der Waals surface area contributed by atoms with E-state index in [2.05, 4.69) is 47.3 Å². The maximum absolute atomic E-state index is 12.8. The highest BCUT2D eigenvalue weighted by molar-refractivity contribution is 7.98. The maximum Gasteiger partial charge on any atom is 0.329 e. The van der Waals surface area contributed by atoms with E-state index in [9.17, 15) is 4.79 Å². The molecule has 0 saturated heterocycles. The second-order valence-electron chi connectivity index (χ2n) is 8.44. The molecule has 2 amide bonds. The van der Waals surface area contributed by atoms with Crippen LogP contribution in [0.15, 0.2) is 17.2 Å². The molecular weight excluding hydrogens is 398 g/mol. The maximum atomic E-state index is 12.8. The second kappa shape index (κ2) is 8.51. The summed E-state index contributed by atoms with van der Waals surface area (Å²) < 4.78 is 10.8. The van der Waals surface area contributed by atoms with E-state index in [1.807, 2.05) is 11.7 Å². The van der Waals surface area contributed by atoms with Gasteiger partial charge in [0.15, 0.2) is 0 Å². The van der Waals surface area contributed by atoms with Crippen molar-refractivity contribution in [1.82, 2.24) is 19.8 Å². The summed E-state index contributed by atoms with van der Waals surface area (Å²) in [7, 11) is 1.95. The highest BCUT2D eigenvalue weighted by atomic mass is 32.2. The zero-order valence-corrected chi connectivity index (χ0v) is 19.0. The molecule has 7 nitrogen and oxygen atoms in total. The van der Waals surface area contributed by atoms with E-state index >= 15 is 0 Å². The molecule has 0 saturated carbocycles. The summed E-state index contributed by atoms with van der Waals surface area (Å²) in [5.74, 6) is 0.713. The van der Waals surface area contributed by atoms with Crippen molar-refractivity contribution >= 4 is 23.7 Å². The van der Waals surface area contributed by atoms with Crippen molar-refractivity contribution in [2.45, 2.75) is 69.9 Å². The normalized spacial score (nSPS) is 20.1. The van der Waals surface area contributed by atoms with Crippen molar-refractivity contribution in [3.8, 4) is 5.88 Å². The van der Waals surface area contributed by atoms with Crippen LogP contribution < -0.4 is 20.1 Å². The standard InChI is InChI=1S/C22H31N5O2S/c1-5-16-14(2)11-15-7-6-8-17(15)19(16)25-21(28)26-30-18-12-24-27-10-9-22(3,23-4)13-29-20(18)27/h11-12,23H,5-10,13H2,1-4H3,(H2,25,26,28). The molecule has 1 aromatic carbocycles. The van der Waals surface area contributed by atoms with Crippen LogP contribution in [0.2, 0.25) is 0 Å². The molecule has 1 atom stereocenters. The van der Waals surface area contributed by atoms with Crippen molar-refractivity contribution in [2.75, 3.05) is 19.0 Å². The minimum Gasteiger partial charge on any atom is -0.475 e. The van der Waals surface area contributed by atoms with Gasteiger partial charge in [-0.2, -0.15) is 5.10 Å². The van der Waals surface area contributed by atoms with Gasteiger partial charge in [-0.15, -0.1) is 0 Å². The lowest BCUT2D eigenvalue weighted by Crippen LogP contribution is -2.44. The third-order valence-electron chi connectivity index (χ3n) is 6.34. The van der Waals surface area contributed by atoms with Gasteiger partial charge in [-0.1, -0.05) is 13.0 Å². The summed E-state index contributed by atoms with van der Waals surface area (Å²) in [5, 5.41) is 10.9. The molecule has 0 radical (unpaired) electrons. The average molecular weight is 430 g/mol. The number of hydrogen-bond donors (Lipinski definition) is 3. The number of amides is 2. The van der Waals surface area contributed by atoms with E-state index in [4.69, 9.17) is 4.74 Å². The lowest BCUT2D eigenvalue weighted by Gasteiger charge is -2.26. The van der Waals surface area contributed by atoms with Gasteiger partial charge in [-0.3, -0.25) is 4.72 Å². The predicted molar refractivity (Wildman–Crippen MR) is 120 cm³/mol. The minimum absolute atomic E-state index is 0.0878. The Balaban J connectivity index is 1.45. The van der Waals surface area contributed by atoms with Crippen LogP contribution in [0.5, 0.6) is 5.88 Å². The number of benzene rings is 1. The topological polar surface area (TPSA) is 80.2 Å². The Bertz CT molecular complexity index is 954. The Morgan fingerprint density at radius 1 is 1.40 bits per heavy atom. The Morgan fingerprint density at radius 2 is 2.23 bits per heavy atom. The number of likely N-dealkylation sites (N-methyl/N-ethyl adjacent to an activating group) is 1. The van der Waals surface area contributed by atoms with Crippen LogP contribution in [-0.2, 0) is 25.8 Å². The summed E-state index contributed by atoms with van der Waals surface area (Å²) in [6, 6.07) is 2.07. The Labute approximate surface area is 182 Å². The number of anilines is 1. The number of urea groups is 1. The molecule has 162 valence electrons. The molecule has 8 heteroatoms. The van der Waals surface area contributed by atoms with Gasteiger partial charge < -0.3 is 15.4 Å². The van der Waals surface area contributed by atoms with Gasteiger partial charge in [-0.25, -0.2) is 9.48 Å². The molecule has 30 heavy (non-hydrogen) atoms. The van der Waals surface area contributed by atoms with E-state index in [1.54, 1.807) is 6.20 Å². The number of rotatable bonds is 5. The fraction of sp³-hybridized carbons (Fsp3) is 0.545. The Hall–Kier alpha value is -2.19. The number of aryl methyl sites for hydroxylation is 3. The monoisotopic (exact) mass is 429 g/mol. The van der Waals surface area contributed by atoms with Crippen LogP contribution in [0.4, 0.5) is 10.5 Å². The fourth-order valence-corrected chi connectivity index (χ4v) is 4.97. The first-order valence-corrected chi connectivity index (χ1v) is 11.5. The molecular formula is C22H31N5O2S. The highest BCUT2D eigenvalue weighted by Crippen LogP contribution is 2.35. The lowest BCUT2D eigenvalue weighted by molar-refractivity contribution is 0.201. The summed E-state index contributed by atoms with van der Waals surface area (Å²) in [6.45, 7) is 7.75. The number of nitrogens with zero attached hydrogens (tertiary/aromatic N) is 2. The van der Waals surface area contributed by atoms with Gasteiger partial charge in [0.1, 0.15) is 11.5 Å². The molecule has 0 spiro atoms. The van der Waals surface area contributed by atoms with E-state index < -0.39 is 0 Å². The number of carbonyl (C=O) groups is 1.